The average molecular weight is 751 g/mol. The summed E-state index contributed by atoms with van der Waals surface area (Å²) >= 11 is 2.00. The minimum absolute atomic E-state index is 0.359. The second-order valence-corrected chi connectivity index (χ2v) is 13.6. The Kier molecular flexibility index (Phi) is 13.1. The molecule has 8 aromatic carbocycles. The van der Waals surface area contributed by atoms with Gasteiger partial charge in [0.25, 0.3) is 0 Å². The molecule has 2 aliphatic rings. The van der Waals surface area contributed by atoms with Gasteiger partial charge in [0.1, 0.15) is 0 Å². The fraction of sp³-hybridized carbons (Fsp3) is 0.0600. The Hall–Kier alpha value is -6.20. The minimum Gasteiger partial charge on any atom is -0.478 e. The van der Waals surface area contributed by atoms with E-state index in [2.05, 4.69) is 84.9 Å². The van der Waals surface area contributed by atoms with Crippen LogP contribution in [0.5, 0.6) is 0 Å². The summed E-state index contributed by atoms with van der Waals surface area (Å²) in [4.78, 5) is 21.6. The third-order valence-electron chi connectivity index (χ3n) is 9.27. The van der Waals surface area contributed by atoms with Gasteiger partial charge in [-0.05, 0) is 46.5 Å². The maximum atomic E-state index is 10.8. The van der Waals surface area contributed by atoms with Crippen molar-refractivity contribution in [2.45, 2.75) is 19.8 Å². The summed E-state index contributed by atoms with van der Waals surface area (Å²) < 4.78 is 2.00. The molecule has 0 amide bonds. The summed E-state index contributed by atoms with van der Waals surface area (Å²) in [5.41, 5.74) is 11.7. The van der Waals surface area contributed by atoms with Crippen LogP contribution in [0.3, 0.4) is 0 Å². The van der Waals surface area contributed by atoms with E-state index in [9.17, 15) is 9.59 Å². The molecule has 0 unspecified atom stereocenters. The van der Waals surface area contributed by atoms with Gasteiger partial charge in [-0.2, -0.15) is 59.7 Å². The molecule has 0 heterocycles. The van der Waals surface area contributed by atoms with Crippen LogP contribution in [-0.4, -0.2) is 26.5 Å². The van der Waals surface area contributed by atoms with Gasteiger partial charge in [0.15, 0.2) is 0 Å². The molecule has 5 heteroatoms. The fourth-order valence-corrected chi connectivity index (χ4v) is 6.82. The van der Waals surface area contributed by atoms with E-state index in [0.29, 0.717) is 11.1 Å². The van der Waals surface area contributed by atoms with E-state index in [1.54, 1.807) is 24.3 Å². The predicted molar refractivity (Wildman–Crippen MR) is 221 cm³/mol. The fourth-order valence-electron chi connectivity index (χ4n) is 6.82. The number of hydrogen-bond acceptors (Lipinski definition) is 2. The summed E-state index contributed by atoms with van der Waals surface area (Å²) in [6.45, 7) is 2.00. The number of hydrogen-bond donors (Lipinski definition) is 2. The summed E-state index contributed by atoms with van der Waals surface area (Å²) in [6.07, 6.45) is 2.10. The van der Waals surface area contributed by atoms with E-state index in [0.717, 1.165) is 34.4 Å². The molecule has 55 heavy (non-hydrogen) atoms. The Morgan fingerprint density at radius 3 is 1.25 bits per heavy atom. The molecule has 10 rings (SSSR count). The normalized spacial score (nSPS) is 10.9. The van der Waals surface area contributed by atoms with Crippen molar-refractivity contribution in [2.24, 2.45) is 0 Å². The maximum Gasteiger partial charge on any atom is 0.336 e. The SMILES string of the molecule is C[CH]=[Ti+2].O=C(O)c1cccc2ccccc12.O=C(O)c1cccc2ccccc12.[c-]1cccc2c1Cc1ccccc1-2.[c-]1cccc2c1Cc1ccccc1-2. The van der Waals surface area contributed by atoms with Gasteiger partial charge >= 0.3 is 43.1 Å². The van der Waals surface area contributed by atoms with Gasteiger partial charge in [-0.25, -0.2) is 9.59 Å². The van der Waals surface area contributed by atoms with Crippen LogP contribution in [0.4, 0.5) is 0 Å². The second kappa shape index (κ2) is 18.7. The van der Waals surface area contributed by atoms with Crippen LogP contribution in [0.2, 0.25) is 0 Å². The average Bonchev–Trinajstić information content (AvgIpc) is 3.80. The minimum atomic E-state index is -0.878. The maximum absolute atomic E-state index is 10.8. The largest absolute Gasteiger partial charge is 0.478 e. The Morgan fingerprint density at radius 2 is 0.836 bits per heavy atom. The molecule has 0 aromatic heterocycles. The number of benzene rings is 8. The van der Waals surface area contributed by atoms with Crippen LogP contribution >= 0.6 is 0 Å². The molecule has 0 bridgehead atoms. The third kappa shape index (κ3) is 9.31. The zero-order valence-corrected chi connectivity index (χ0v) is 31.9. The number of carboxylic acid groups (broad SMARTS) is 2. The number of fused-ring (bicyclic) bond motifs is 8. The topological polar surface area (TPSA) is 74.6 Å². The number of rotatable bonds is 2. The first-order chi connectivity index (χ1) is 26.9. The van der Waals surface area contributed by atoms with Crippen molar-refractivity contribution < 1.29 is 39.8 Å². The van der Waals surface area contributed by atoms with E-state index < -0.39 is 11.9 Å². The van der Waals surface area contributed by atoms with E-state index in [1.165, 1.54) is 44.5 Å². The van der Waals surface area contributed by atoms with Gasteiger partial charge in [-0.1, -0.05) is 144 Å². The van der Waals surface area contributed by atoms with E-state index in [-0.39, 0.29) is 0 Å². The summed E-state index contributed by atoms with van der Waals surface area (Å²) in [5, 5.41) is 21.3. The summed E-state index contributed by atoms with van der Waals surface area (Å²) in [6, 6.07) is 61.7. The second-order valence-electron chi connectivity index (χ2n) is 12.7. The quantitative estimate of drug-likeness (QED) is 0.136. The standard InChI is InChI=1S/2C13H9.2C11H8O2.C2H4.Ti/c2*1-3-7-12-10(5-1)9-11-6-2-4-8-13(11)12;2*12-11(13)10-7-3-5-8-4-1-2-6-9(8)10;1-2;/h2*1-5,7-8H,9H2;2*1-7H,(H,12,13);1H,2H3;/q2*-1;;;;+2. The Morgan fingerprint density at radius 1 is 0.491 bits per heavy atom. The van der Waals surface area contributed by atoms with E-state index >= 15 is 0 Å². The van der Waals surface area contributed by atoms with Crippen LogP contribution in [0.1, 0.15) is 49.9 Å². The molecule has 0 atom stereocenters. The van der Waals surface area contributed by atoms with Crippen molar-refractivity contribution >= 4 is 37.8 Å². The first-order valence-electron chi connectivity index (χ1n) is 17.9. The smallest absolute Gasteiger partial charge is 0.336 e. The van der Waals surface area contributed by atoms with Gasteiger partial charge in [0.2, 0.25) is 0 Å². The molecular formula is C50H38O4Ti. The number of aromatic carboxylic acids is 2. The van der Waals surface area contributed by atoms with Gasteiger partial charge < -0.3 is 10.2 Å². The van der Waals surface area contributed by atoms with Crippen LogP contribution < -0.4 is 0 Å². The molecule has 0 spiro atoms. The van der Waals surface area contributed by atoms with Crippen LogP contribution in [0.25, 0.3) is 43.8 Å². The van der Waals surface area contributed by atoms with Crippen molar-refractivity contribution in [3.8, 4) is 22.3 Å². The molecule has 0 saturated carbocycles. The van der Waals surface area contributed by atoms with E-state index in [1.807, 2.05) is 104 Å². The first-order valence-corrected chi connectivity index (χ1v) is 18.8. The Bertz CT molecular complexity index is 2330. The monoisotopic (exact) mass is 750 g/mol. The first kappa shape index (κ1) is 38.5. The predicted octanol–water partition coefficient (Wildman–Crippen LogP) is 11.5. The van der Waals surface area contributed by atoms with Crippen LogP contribution in [-0.2, 0) is 32.8 Å². The Labute approximate surface area is 333 Å². The molecule has 0 saturated heterocycles. The van der Waals surface area contributed by atoms with Gasteiger partial charge in [0, 0.05) is 0 Å². The van der Waals surface area contributed by atoms with Crippen LogP contribution in [0.15, 0.2) is 170 Å². The number of carbonyl (C=O) groups is 2. The molecule has 266 valence electrons. The summed E-state index contributed by atoms with van der Waals surface area (Å²) in [7, 11) is 0. The molecular weight excluding hydrogens is 712 g/mol. The molecule has 0 aliphatic heterocycles. The molecule has 2 aliphatic carbocycles. The summed E-state index contributed by atoms with van der Waals surface area (Å²) in [5.74, 6) is -1.76. The van der Waals surface area contributed by atoms with Gasteiger partial charge in [0.05, 0.1) is 11.1 Å². The van der Waals surface area contributed by atoms with Crippen molar-refractivity contribution in [1.82, 2.24) is 0 Å². The van der Waals surface area contributed by atoms with Crippen molar-refractivity contribution in [1.29, 1.82) is 0 Å². The molecule has 4 nitrogen and oxygen atoms in total. The zero-order chi connectivity index (χ0) is 38.6. The number of carboxylic acids is 2. The van der Waals surface area contributed by atoms with Crippen LogP contribution in [0, 0.1) is 12.1 Å². The molecule has 2 N–H and O–H groups in total. The van der Waals surface area contributed by atoms with Crippen molar-refractivity contribution in [3.05, 3.63) is 215 Å². The third-order valence-corrected chi connectivity index (χ3v) is 9.27. The Balaban J connectivity index is 0.000000122. The van der Waals surface area contributed by atoms with Gasteiger partial charge in [-0.15, -0.1) is 11.1 Å². The molecule has 8 aromatic rings. The van der Waals surface area contributed by atoms with E-state index in [4.69, 9.17) is 10.2 Å². The van der Waals surface area contributed by atoms with Crippen molar-refractivity contribution in [3.63, 3.8) is 0 Å². The molecule has 0 radical (unpaired) electrons. The zero-order valence-electron chi connectivity index (χ0n) is 30.4. The van der Waals surface area contributed by atoms with Crippen molar-refractivity contribution in [2.75, 3.05) is 0 Å². The molecule has 0 fully saturated rings. The van der Waals surface area contributed by atoms with Gasteiger partial charge in [-0.3, -0.25) is 0 Å².